The van der Waals surface area contributed by atoms with Crippen molar-refractivity contribution in [1.82, 2.24) is 24.5 Å². The zero-order valence-electron chi connectivity index (χ0n) is 14.1. The molecule has 0 unspecified atom stereocenters. The lowest BCUT2D eigenvalue weighted by molar-refractivity contribution is 0.229. The van der Waals surface area contributed by atoms with Gasteiger partial charge in [-0.1, -0.05) is 0 Å². The lowest BCUT2D eigenvalue weighted by Crippen LogP contribution is -2.32. The van der Waals surface area contributed by atoms with Crippen LogP contribution in [0.1, 0.15) is 11.3 Å². The minimum Gasteiger partial charge on any atom is -0.477 e. The molecule has 1 atom stereocenters. The van der Waals surface area contributed by atoms with Crippen molar-refractivity contribution in [2.75, 3.05) is 18.1 Å². The van der Waals surface area contributed by atoms with E-state index in [1.807, 2.05) is 18.6 Å². The van der Waals surface area contributed by atoms with Gasteiger partial charge in [-0.15, -0.1) is 0 Å². The number of hydrogen-bond donors (Lipinski definition) is 0. The second-order valence-electron chi connectivity index (χ2n) is 6.14. The summed E-state index contributed by atoms with van der Waals surface area (Å²) in [6.45, 7) is 2.77. The molecular weight excluding hydrogens is 330 g/mol. The first-order valence-corrected chi connectivity index (χ1v) is 8.32. The van der Waals surface area contributed by atoms with Crippen LogP contribution >= 0.6 is 0 Å². The highest BCUT2D eigenvalue weighted by Crippen LogP contribution is 2.20. The molecule has 8 nitrogen and oxygen atoms in total. The molecule has 0 spiro atoms. The number of hydrogen-bond acceptors (Lipinski definition) is 7. The second-order valence-corrected chi connectivity index (χ2v) is 6.14. The van der Waals surface area contributed by atoms with Gasteiger partial charge in [-0.05, 0) is 12.1 Å². The topological polar surface area (TPSA) is 92.8 Å². The summed E-state index contributed by atoms with van der Waals surface area (Å²) in [5.74, 6) is 1.43. The lowest BCUT2D eigenvalue weighted by Gasteiger charge is -2.23. The number of imidazole rings is 1. The highest BCUT2D eigenvalue weighted by molar-refractivity contribution is 5.31. The fourth-order valence-corrected chi connectivity index (χ4v) is 3.00. The quantitative estimate of drug-likeness (QED) is 0.708. The number of rotatable bonds is 4. The number of pyridine rings is 1. The van der Waals surface area contributed by atoms with Crippen LogP contribution in [0.3, 0.4) is 0 Å². The maximum Gasteiger partial charge on any atom is 0.225 e. The van der Waals surface area contributed by atoms with E-state index >= 15 is 0 Å². The van der Waals surface area contributed by atoms with Gasteiger partial charge in [0.15, 0.2) is 0 Å². The molecule has 4 rings (SSSR count). The van der Waals surface area contributed by atoms with E-state index in [1.54, 1.807) is 24.5 Å². The molecule has 8 heteroatoms. The van der Waals surface area contributed by atoms with E-state index in [4.69, 9.17) is 10.00 Å². The summed E-state index contributed by atoms with van der Waals surface area (Å²) in [7, 11) is 0. The van der Waals surface area contributed by atoms with E-state index in [-0.39, 0.29) is 5.92 Å². The van der Waals surface area contributed by atoms with Crippen molar-refractivity contribution >= 4 is 5.95 Å². The Hall–Kier alpha value is -3.47. The zero-order valence-corrected chi connectivity index (χ0v) is 14.1. The largest absolute Gasteiger partial charge is 0.477 e. The summed E-state index contributed by atoms with van der Waals surface area (Å²) in [5.41, 5.74) is 1.64. The van der Waals surface area contributed by atoms with Crippen molar-refractivity contribution in [3.8, 4) is 11.9 Å². The fourth-order valence-electron chi connectivity index (χ4n) is 3.00. The molecule has 0 fully saturated rings. The molecule has 130 valence electrons. The minimum atomic E-state index is 0.215. The zero-order chi connectivity index (χ0) is 17.8. The molecule has 0 N–H and O–H groups in total. The second kappa shape index (κ2) is 7.19. The molecule has 0 amide bonds. The van der Waals surface area contributed by atoms with Crippen LogP contribution < -0.4 is 9.64 Å². The average Bonchev–Trinajstić information content (AvgIpc) is 3.05. The van der Waals surface area contributed by atoms with Crippen molar-refractivity contribution in [2.24, 2.45) is 5.92 Å². The Morgan fingerprint density at radius 3 is 2.81 bits per heavy atom. The highest BCUT2D eigenvalue weighted by atomic mass is 16.5. The van der Waals surface area contributed by atoms with Crippen LogP contribution in [0.5, 0.6) is 5.88 Å². The first kappa shape index (κ1) is 16.0. The Morgan fingerprint density at radius 2 is 2.04 bits per heavy atom. The Labute approximate surface area is 150 Å². The Bertz CT molecular complexity index is 901. The third kappa shape index (κ3) is 3.47. The van der Waals surface area contributed by atoms with Gasteiger partial charge in [0, 0.05) is 49.9 Å². The Balaban J connectivity index is 1.50. The number of aromatic nitrogens is 5. The SMILES string of the molecule is N#Cc1ccc(OC[C@H]2CN(c3ncccn3)Cc3cncn3C2)nc1. The molecule has 0 radical (unpaired) electrons. The summed E-state index contributed by atoms with van der Waals surface area (Å²) >= 11 is 0. The van der Waals surface area contributed by atoms with Gasteiger partial charge in [0.2, 0.25) is 11.8 Å². The molecule has 0 aliphatic carbocycles. The van der Waals surface area contributed by atoms with Gasteiger partial charge in [-0.25, -0.2) is 19.9 Å². The number of anilines is 1. The van der Waals surface area contributed by atoms with Gasteiger partial charge in [0.1, 0.15) is 6.07 Å². The summed E-state index contributed by atoms with van der Waals surface area (Å²) < 4.78 is 8.00. The van der Waals surface area contributed by atoms with E-state index < -0.39 is 0 Å². The summed E-state index contributed by atoms with van der Waals surface area (Å²) in [6.07, 6.45) is 8.73. The predicted octanol–water partition coefficient (Wildman–Crippen LogP) is 1.66. The van der Waals surface area contributed by atoms with E-state index in [1.165, 1.54) is 6.20 Å². The van der Waals surface area contributed by atoms with Crippen molar-refractivity contribution in [3.63, 3.8) is 0 Å². The van der Waals surface area contributed by atoms with Crippen LogP contribution in [-0.4, -0.2) is 37.7 Å². The molecule has 26 heavy (non-hydrogen) atoms. The maximum atomic E-state index is 8.85. The Morgan fingerprint density at radius 1 is 1.15 bits per heavy atom. The standard InChI is InChI=1S/C18H17N7O/c19-6-14-2-3-17(23-7-14)26-12-15-9-24(18-21-4-1-5-22-18)11-16-8-20-13-25(16)10-15/h1-5,7-8,13,15H,9-12H2/t15-/m0/s1. The molecule has 1 aliphatic heterocycles. The van der Waals surface area contributed by atoms with Crippen LogP contribution in [0.2, 0.25) is 0 Å². The molecule has 0 aromatic carbocycles. The Kier molecular flexibility index (Phi) is 4.43. The number of fused-ring (bicyclic) bond motifs is 1. The van der Waals surface area contributed by atoms with E-state index in [9.17, 15) is 0 Å². The molecule has 0 saturated carbocycles. The monoisotopic (exact) mass is 347 g/mol. The molecule has 3 aromatic heterocycles. The van der Waals surface area contributed by atoms with Crippen molar-refractivity contribution in [1.29, 1.82) is 5.26 Å². The number of nitrogens with zero attached hydrogens (tertiary/aromatic N) is 7. The summed E-state index contributed by atoms with van der Waals surface area (Å²) in [4.78, 5) is 19.3. The van der Waals surface area contributed by atoms with Gasteiger partial charge in [0.25, 0.3) is 0 Å². The maximum absolute atomic E-state index is 8.85. The van der Waals surface area contributed by atoms with Gasteiger partial charge in [-0.3, -0.25) is 0 Å². The lowest BCUT2D eigenvalue weighted by atomic mass is 10.1. The molecule has 0 bridgehead atoms. The van der Waals surface area contributed by atoms with Crippen molar-refractivity contribution < 1.29 is 4.74 Å². The van der Waals surface area contributed by atoms with Crippen molar-refractivity contribution in [3.05, 3.63) is 60.6 Å². The van der Waals surface area contributed by atoms with Crippen LogP contribution in [0.25, 0.3) is 0 Å². The minimum absolute atomic E-state index is 0.215. The van der Waals surface area contributed by atoms with Crippen LogP contribution in [0.15, 0.2) is 49.3 Å². The average molecular weight is 347 g/mol. The van der Waals surface area contributed by atoms with Gasteiger partial charge in [0.05, 0.1) is 30.7 Å². The first-order chi connectivity index (χ1) is 12.8. The van der Waals surface area contributed by atoms with Crippen LogP contribution in [-0.2, 0) is 13.1 Å². The third-order valence-electron chi connectivity index (χ3n) is 4.25. The van der Waals surface area contributed by atoms with Crippen LogP contribution in [0.4, 0.5) is 5.95 Å². The number of ether oxygens (including phenoxy) is 1. The highest BCUT2D eigenvalue weighted by Gasteiger charge is 2.24. The smallest absolute Gasteiger partial charge is 0.225 e. The van der Waals surface area contributed by atoms with Crippen LogP contribution in [0, 0.1) is 17.2 Å². The number of nitriles is 1. The molecule has 0 saturated heterocycles. The summed E-state index contributed by atoms with van der Waals surface area (Å²) in [6, 6.07) is 7.28. The van der Waals surface area contributed by atoms with E-state index in [2.05, 4.69) is 35.5 Å². The molecule has 1 aliphatic rings. The summed E-state index contributed by atoms with van der Waals surface area (Å²) in [5, 5.41) is 8.85. The fraction of sp³-hybridized carbons (Fsp3) is 0.278. The van der Waals surface area contributed by atoms with Gasteiger partial charge in [-0.2, -0.15) is 5.26 Å². The van der Waals surface area contributed by atoms with Crippen molar-refractivity contribution in [2.45, 2.75) is 13.1 Å². The first-order valence-electron chi connectivity index (χ1n) is 8.32. The predicted molar refractivity (Wildman–Crippen MR) is 93.2 cm³/mol. The third-order valence-corrected chi connectivity index (χ3v) is 4.25. The van der Waals surface area contributed by atoms with Gasteiger partial charge >= 0.3 is 0 Å². The van der Waals surface area contributed by atoms with E-state index in [0.717, 1.165) is 18.8 Å². The molecule has 3 aromatic rings. The van der Waals surface area contributed by atoms with E-state index in [0.29, 0.717) is 30.5 Å². The normalized spacial score (nSPS) is 16.4. The molecular formula is C18H17N7O. The van der Waals surface area contributed by atoms with Gasteiger partial charge < -0.3 is 14.2 Å². The molecule has 4 heterocycles.